The van der Waals surface area contributed by atoms with Gasteiger partial charge in [-0.05, 0) is 12.8 Å². The Morgan fingerprint density at radius 2 is 2.40 bits per heavy atom. The highest BCUT2D eigenvalue weighted by Gasteiger charge is 2.07. The van der Waals surface area contributed by atoms with Crippen LogP contribution in [0.4, 0.5) is 0 Å². The second kappa shape index (κ2) is 4.69. The standard InChI is InChI=1S/C8H17NO/c1-2-3-5-9-6-4-7-10-8-9/h2-8H2,1H3. The second-order valence-electron chi connectivity index (χ2n) is 2.86. The van der Waals surface area contributed by atoms with Gasteiger partial charge in [0.25, 0.3) is 0 Å². The number of unbranched alkanes of at least 4 members (excludes halogenated alkanes) is 1. The van der Waals surface area contributed by atoms with Crippen molar-refractivity contribution < 1.29 is 4.74 Å². The van der Waals surface area contributed by atoms with Gasteiger partial charge in [-0.2, -0.15) is 0 Å². The van der Waals surface area contributed by atoms with Crippen molar-refractivity contribution in [2.24, 2.45) is 0 Å². The maximum Gasteiger partial charge on any atom is 0.0990 e. The average molecular weight is 143 g/mol. The first-order valence-electron chi connectivity index (χ1n) is 4.23. The summed E-state index contributed by atoms with van der Waals surface area (Å²) in [5.41, 5.74) is 0. The van der Waals surface area contributed by atoms with Gasteiger partial charge in [-0.15, -0.1) is 0 Å². The van der Waals surface area contributed by atoms with E-state index in [9.17, 15) is 0 Å². The molecular formula is C8H17NO. The van der Waals surface area contributed by atoms with Crippen molar-refractivity contribution in [1.82, 2.24) is 4.90 Å². The fourth-order valence-electron chi connectivity index (χ4n) is 1.21. The summed E-state index contributed by atoms with van der Waals surface area (Å²) in [5.74, 6) is 0. The number of nitrogens with zero attached hydrogens (tertiary/aromatic N) is 1. The van der Waals surface area contributed by atoms with Crippen molar-refractivity contribution in [2.45, 2.75) is 26.2 Å². The summed E-state index contributed by atoms with van der Waals surface area (Å²) in [6.45, 7) is 6.50. The van der Waals surface area contributed by atoms with E-state index in [1.807, 2.05) is 0 Å². The summed E-state index contributed by atoms with van der Waals surface area (Å²) in [6, 6.07) is 0. The minimum atomic E-state index is 0.861. The fourth-order valence-corrected chi connectivity index (χ4v) is 1.21. The topological polar surface area (TPSA) is 12.5 Å². The third-order valence-electron chi connectivity index (χ3n) is 1.86. The first-order chi connectivity index (χ1) is 4.93. The molecule has 1 saturated heterocycles. The smallest absolute Gasteiger partial charge is 0.0990 e. The third-order valence-corrected chi connectivity index (χ3v) is 1.86. The van der Waals surface area contributed by atoms with Gasteiger partial charge in [0.1, 0.15) is 0 Å². The van der Waals surface area contributed by atoms with E-state index in [0.29, 0.717) is 0 Å². The highest BCUT2D eigenvalue weighted by atomic mass is 16.5. The van der Waals surface area contributed by atoms with E-state index < -0.39 is 0 Å². The predicted molar refractivity (Wildman–Crippen MR) is 41.9 cm³/mol. The highest BCUT2D eigenvalue weighted by Crippen LogP contribution is 2.02. The van der Waals surface area contributed by atoms with E-state index in [4.69, 9.17) is 4.74 Å². The number of ether oxygens (including phenoxy) is 1. The van der Waals surface area contributed by atoms with E-state index in [0.717, 1.165) is 13.3 Å². The molecule has 1 aliphatic rings. The Kier molecular flexibility index (Phi) is 3.76. The highest BCUT2D eigenvalue weighted by molar-refractivity contribution is 4.56. The van der Waals surface area contributed by atoms with E-state index in [1.54, 1.807) is 0 Å². The Morgan fingerprint density at radius 3 is 3.00 bits per heavy atom. The summed E-state index contributed by atoms with van der Waals surface area (Å²) in [5, 5.41) is 0. The van der Waals surface area contributed by atoms with Crippen LogP contribution in [0.5, 0.6) is 0 Å². The van der Waals surface area contributed by atoms with E-state index in [1.165, 1.54) is 32.4 Å². The van der Waals surface area contributed by atoms with Crippen LogP contribution in [-0.4, -0.2) is 31.3 Å². The van der Waals surface area contributed by atoms with Crippen molar-refractivity contribution in [2.75, 3.05) is 26.4 Å². The molecule has 1 fully saturated rings. The Morgan fingerprint density at radius 1 is 1.50 bits per heavy atom. The molecule has 0 saturated carbocycles. The molecule has 0 spiro atoms. The summed E-state index contributed by atoms with van der Waals surface area (Å²) >= 11 is 0. The molecule has 0 aromatic carbocycles. The molecule has 2 nitrogen and oxygen atoms in total. The van der Waals surface area contributed by atoms with E-state index >= 15 is 0 Å². The molecule has 10 heavy (non-hydrogen) atoms. The van der Waals surface area contributed by atoms with Crippen LogP contribution in [0.3, 0.4) is 0 Å². The number of hydrogen-bond donors (Lipinski definition) is 0. The Labute approximate surface area is 63.2 Å². The lowest BCUT2D eigenvalue weighted by atomic mass is 10.3. The van der Waals surface area contributed by atoms with Gasteiger partial charge < -0.3 is 4.74 Å². The Hall–Kier alpha value is -0.0800. The normalized spacial score (nSPS) is 21.3. The molecule has 60 valence electrons. The zero-order valence-electron chi connectivity index (χ0n) is 6.81. The maximum absolute atomic E-state index is 5.31. The Balaban J connectivity index is 2.02. The third kappa shape index (κ3) is 2.67. The number of hydrogen-bond acceptors (Lipinski definition) is 2. The molecule has 0 N–H and O–H groups in total. The lowest BCUT2D eigenvalue weighted by Crippen LogP contribution is -2.33. The summed E-state index contributed by atoms with van der Waals surface area (Å²) in [7, 11) is 0. The molecule has 1 rings (SSSR count). The first-order valence-corrected chi connectivity index (χ1v) is 4.23. The maximum atomic E-state index is 5.31. The molecule has 1 heterocycles. The van der Waals surface area contributed by atoms with Crippen LogP contribution in [-0.2, 0) is 4.74 Å². The molecule has 1 aliphatic heterocycles. The van der Waals surface area contributed by atoms with Crippen LogP contribution in [0.25, 0.3) is 0 Å². The minimum absolute atomic E-state index is 0.861. The van der Waals surface area contributed by atoms with Gasteiger partial charge in [0.15, 0.2) is 0 Å². The Bertz CT molecular complexity index is 79.3. The molecule has 0 unspecified atom stereocenters. The van der Waals surface area contributed by atoms with Gasteiger partial charge in [0, 0.05) is 19.7 Å². The summed E-state index contributed by atoms with van der Waals surface area (Å²) in [4.78, 5) is 2.38. The van der Waals surface area contributed by atoms with Gasteiger partial charge in [-0.25, -0.2) is 0 Å². The lowest BCUT2D eigenvalue weighted by Gasteiger charge is -2.26. The lowest BCUT2D eigenvalue weighted by molar-refractivity contribution is -0.0136. The average Bonchev–Trinajstić information content (AvgIpc) is 2.03. The first kappa shape index (κ1) is 8.02. The summed E-state index contributed by atoms with van der Waals surface area (Å²) in [6.07, 6.45) is 3.81. The van der Waals surface area contributed by atoms with Crippen molar-refractivity contribution in [3.8, 4) is 0 Å². The van der Waals surface area contributed by atoms with Crippen LogP contribution in [0.15, 0.2) is 0 Å². The minimum Gasteiger partial charge on any atom is -0.366 e. The van der Waals surface area contributed by atoms with Crippen molar-refractivity contribution in [3.05, 3.63) is 0 Å². The SMILES string of the molecule is CCCCN1CCCOC1. The molecule has 2 heteroatoms. The quantitative estimate of drug-likeness (QED) is 0.593. The fraction of sp³-hybridized carbons (Fsp3) is 1.00. The molecule has 0 atom stereocenters. The van der Waals surface area contributed by atoms with Crippen LogP contribution in [0.2, 0.25) is 0 Å². The molecule has 0 aromatic rings. The molecule has 0 aliphatic carbocycles. The van der Waals surface area contributed by atoms with Gasteiger partial charge in [0.2, 0.25) is 0 Å². The molecular weight excluding hydrogens is 126 g/mol. The van der Waals surface area contributed by atoms with Gasteiger partial charge in [0.05, 0.1) is 6.73 Å². The van der Waals surface area contributed by atoms with E-state index in [2.05, 4.69) is 11.8 Å². The molecule has 0 amide bonds. The van der Waals surface area contributed by atoms with Gasteiger partial charge >= 0.3 is 0 Å². The zero-order chi connectivity index (χ0) is 7.23. The molecule has 0 aromatic heterocycles. The van der Waals surface area contributed by atoms with Crippen LogP contribution in [0.1, 0.15) is 26.2 Å². The van der Waals surface area contributed by atoms with Crippen LogP contribution < -0.4 is 0 Å². The van der Waals surface area contributed by atoms with Gasteiger partial charge in [-0.1, -0.05) is 13.3 Å². The molecule has 0 bridgehead atoms. The van der Waals surface area contributed by atoms with Crippen molar-refractivity contribution in [1.29, 1.82) is 0 Å². The second-order valence-corrected chi connectivity index (χ2v) is 2.86. The summed E-state index contributed by atoms with van der Waals surface area (Å²) < 4.78 is 5.31. The van der Waals surface area contributed by atoms with Crippen molar-refractivity contribution in [3.63, 3.8) is 0 Å². The monoisotopic (exact) mass is 143 g/mol. The van der Waals surface area contributed by atoms with Gasteiger partial charge in [-0.3, -0.25) is 4.90 Å². The van der Waals surface area contributed by atoms with E-state index in [-0.39, 0.29) is 0 Å². The van der Waals surface area contributed by atoms with Crippen molar-refractivity contribution >= 4 is 0 Å². The zero-order valence-corrected chi connectivity index (χ0v) is 6.81. The predicted octanol–water partition coefficient (Wildman–Crippen LogP) is 1.47. The van der Waals surface area contributed by atoms with Crippen LogP contribution in [0, 0.1) is 0 Å². The largest absolute Gasteiger partial charge is 0.366 e. The number of rotatable bonds is 3. The van der Waals surface area contributed by atoms with Crippen LogP contribution >= 0.6 is 0 Å². The molecule has 0 radical (unpaired) electrons.